The van der Waals surface area contributed by atoms with Crippen LogP contribution in [0, 0.1) is 5.41 Å². The monoisotopic (exact) mass is 421 g/mol. The Morgan fingerprint density at radius 1 is 1.19 bits per heavy atom. The predicted molar refractivity (Wildman–Crippen MR) is 117 cm³/mol. The second kappa shape index (κ2) is 8.79. The number of carbonyl (C=O) groups excluding carboxylic acids is 1. The molecule has 0 spiro atoms. The minimum absolute atomic E-state index is 0.180. The molecule has 1 aliphatic rings. The van der Waals surface area contributed by atoms with Crippen LogP contribution in [0.25, 0.3) is 16.7 Å². The molecular formula is C24H27N3O4. The summed E-state index contributed by atoms with van der Waals surface area (Å²) in [5, 5.41) is 9.19. The van der Waals surface area contributed by atoms with Crippen molar-refractivity contribution >= 4 is 17.0 Å². The molecule has 1 aromatic heterocycles. The molecule has 7 nitrogen and oxygen atoms in total. The highest BCUT2D eigenvalue weighted by Crippen LogP contribution is 2.28. The van der Waals surface area contributed by atoms with Crippen LogP contribution in [0.2, 0.25) is 0 Å². The van der Waals surface area contributed by atoms with Crippen molar-refractivity contribution < 1.29 is 19.0 Å². The van der Waals surface area contributed by atoms with Crippen molar-refractivity contribution in [3.8, 4) is 11.4 Å². The summed E-state index contributed by atoms with van der Waals surface area (Å²) in [5.74, 6) is 0.447. The number of esters is 1. The van der Waals surface area contributed by atoms with Gasteiger partial charge in [-0.25, -0.2) is 0 Å². The Balaban J connectivity index is 1.56. The smallest absolute Gasteiger partial charge is 0.311 e. The molecule has 0 amide bonds. The van der Waals surface area contributed by atoms with Crippen molar-refractivity contribution in [1.82, 2.24) is 15.0 Å². The Morgan fingerprint density at radius 2 is 1.94 bits per heavy atom. The van der Waals surface area contributed by atoms with E-state index in [1.54, 1.807) is 11.1 Å². The average molecular weight is 421 g/mol. The van der Waals surface area contributed by atoms with Crippen LogP contribution in [0.3, 0.4) is 0 Å². The van der Waals surface area contributed by atoms with Crippen molar-refractivity contribution in [2.45, 2.75) is 46.3 Å². The lowest BCUT2D eigenvalue weighted by molar-refractivity contribution is -0.154. The second-order valence-electron chi connectivity index (χ2n) is 8.19. The number of rotatable bonds is 8. The van der Waals surface area contributed by atoms with E-state index in [2.05, 4.69) is 10.2 Å². The summed E-state index contributed by atoms with van der Waals surface area (Å²) in [6.45, 7) is 6.09. The maximum Gasteiger partial charge on any atom is 0.311 e. The van der Waals surface area contributed by atoms with Crippen LogP contribution in [0.15, 0.2) is 54.8 Å². The first-order valence-electron chi connectivity index (χ1n) is 10.6. The summed E-state index contributed by atoms with van der Waals surface area (Å²) in [6.07, 6.45) is 5.20. The van der Waals surface area contributed by atoms with Gasteiger partial charge in [0.1, 0.15) is 16.7 Å². The standard InChI is InChI=1S/C24H27N3O4/c1-4-24(2,3)23(28)30-15-13-17-11-12-21(31-22-10-7-14-29-22)20(16-17)27-25-18-8-5-6-9-19(18)26-27/h5-9,11-12,14,16,22H,4,10,13,15H2,1-3H3. The van der Waals surface area contributed by atoms with Gasteiger partial charge in [0.15, 0.2) is 5.75 Å². The normalized spacial score (nSPS) is 15.8. The van der Waals surface area contributed by atoms with E-state index in [0.29, 0.717) is 30.9 Å². The van der Waals surface area contributed by atoms with Gasteiger partial charge in [0.2, 0.25) is 6.29 Å². The molecule has 1 aliphatic heterocycles. The van der Waals surface area contributed by atoms with Gasteiger partial charge in [-0.05, 0) is 56.2 Å². The maximum atomic E-state index is 12.2. The van der Waals surface area contributed by atoms with E-state index in [9.17, 15) is 4.79 Å². The van der Waals surface area contributed by atoms with Gasteiger partial charge in [-0.1, -0.05) is 25.1 Å². The van der Waals surface area contributed by atoms with Gasteiger partial charge >= 0.3 is 5.97 Å². The molecule has 1 atom stereocenters. The van der Waals surface area contributed by atoms with Crippen molar-refractivity contribution in [2.24, 2.45) is 5.41 Å². The molecule has 2 aromatic carbocycles. The van der Waals surface area contributed by atoms with Crippen molar-refractivity contribution in [2.75, 3.05) is 6.61 Å². The average Bonchev–Trinajstić information content (AvgIpc) is 3.44. The van der Waals surface area contributed by atoms with Crippen molar-refractivity contribution in [3.63, 3.8) is 0 Å². The van der Waals surface area contributed by atoms with E-state index in [1.165, 1.54) is 0 Å². The molecule has 0 saturated carbocycles. The van der Waals surface area contributed by atoms with Gasteiger partial charge in [-0.15, -0.1) is 15.0 Å². The highest BCUT2D eigenvalue weighted by atomic mass is 16.7. The Morgan fingerprint density at radius 3 is 2.58 bits per heavy atom. The molecule has 162 valence electrons. The molecule has 1 unspecified atom stereocenters. The Labute approximate surface area is 181 Å². The van der Waals surface area contributed by atoms with Crippen molar-refractivity contribution in [3.05, 3.63) is 60.4 Å². The lowest BCUT2D eigenvalue weighted by atomic mass is 9.91. The van der Waals surface area contributed by atoms with E-state index in [0.717, 1.165) is 23.0 Å². The van der Waals surface area contributed by atoms with Crippen LogP contribution in [0.1, 0.15) is 39.2 Å². The van der Waals surface area contributed by atoms with Gasteiger partial charge in [0.05, 0.1) is 18.3 Å². The molecule has 3 aromatic rings. The zero-order valence-electron chi connectivity index (χ0n) is 18.1. The number of fused-ring (bicyclic) bond motifs is 1. The summed E-state index contributed by atoms with van der Waals surface area (Å²) in [6, 6.07) is 13.5. The van der Waals surface area contributed by atoms with Crippen LogP contribution in [-0.2, 0) is 20.7 Å². The molecule has 0 radical (unpaired) electrons. The van der Waals surface area contributed by atoms with E-state index in [-0.39, 0.29) is 12.3 Å². The number of nitrogens with zero attached hydrogens (tertiary/aromatic N) is 3. The summed E-state index contributed by atoms with van der Waals surface area (Å²) in [4.78, 5) is 13.8. The Hall–Kier alpha value is -3.35. The van der Waals surface area contributed by atoms with Crippen LogP contribution in [0.5, 0.6) is 5.75 Å². The number of ether oxygens (including phenoxy) is 3. The summed E-state index contributed by atoms with van der Waals surface area (Å²) < 4.78 is 17.0. The molecule has 4 rings (SSSR count). The first-order valence-corrected chi connectivity index (χ1v) is 10.6. The fourth-order valence-electron chi connectivity index (χ4n) is 3.13. The fraction of sp³-hybridized carbons (Fsp3) is 0.375. The fourth-order valence-corrected chi connectivity index (χ4v) is 3.13. The molecule has 0 saturated heterocycles. The first-order chi connectivity index (χ1) is 15.0. The number of benzene rings is 2. The Kier molecular flexibility index (Phi) is 5.93. The van der Waals surface area contributed by atoms with Crippen LogP contribution in [-0.4, -0.2) is 33.9 Å². The van der Waals surface area contributed by atoms with E-state index >= 15 is 0 Å². The topological polar surface area (TPSA) is 75.5 Å². The quantitative estimate of drug-likeness (QED) is 0.496. The van der Waals surface area contributed by atoms with Crippen LogP contribution in [0.4, 0.5) is 0 Å². The van der Waals surface area contributed by atoms with Gasteiger partial charge in [-0.2, -0.15) is 0 Å². The third kappa shape index (κ3) is 4.71. The van der Waals surface area contributed by atoms with Gasteiger partial charge in [0.25, 0.3) is 0 Å². The third-order valence-electron chi connectivity index (χ3n) is 5.50. The lowest BCUT2D eigenvalue weighted by Gasteiger charge is -2.20. The second-order valence-corrected chi connectivity index (χ2v) is 8.19. The predicted octanol–water partition coefficient (Wildman–Crippen LogP) is 4.58. The molecule has 0 N–H and O–H groups in total. The molecule has 2 heterocycles. The van der Waals surface area contributed by atoms with Crippen molar-refractivity contribution in [1.29, 1.82) is 0 Å². The number of hydrogen-bond acceptors (Lipinski definition) is 6. The van der Waals surface area contributed by atoms with Crippen LogP contribution < -0.4 is 4.74 Å². The Bertz CT molecular complexity index is 1060. The number of carbonyl (C=O) groups is 1. The third-order valence-corrected chi connectivity index (χ3v) is 5.50. The zero-order chi connectivity index (χ0) is 21.8. The molecule has 31 heavy (non-hydrogen) atoms. The molecular weight excluding hydrogens is 394 g/mol. The summed E-state index contributed by atoms with van der Waals surface area (Å²) in [5.41, 5.74) is 2.83. The summed E-state index contributed by atoms with van der Waals surface area (Å²) >= 11 is 0. The largest absolute Gasteiger partial charge is 0.465 e. The maximum absolute atomic E-state index is 12.2. The van der Waals surface area contributed by atoms with Crippen LogP contribution >= 0.6 is 0 Å². The van der Waals surface area contributed by atoms with Gasteiger partial charge in [-0.3, -0.25) is 4.79 Å². The minimum atomic E-state index is -0.475. The number of hydrogen-bond donors (Lipinski definition) is 0. The summed E-state index contributed by atoms with van der Waals surface area (Å²) in [7, 11) is 0. The minimum Gasteiger partial charge on any atom is -0.465 e. The van der Waals surface area contributed by atoms with E-state index < -0.39 is 5.41 Å². The zero-order valence-corrected chi connectivity index (χ0v) is 18.1. The molecule has 0 bridgehead atoms. The van der Waals surface area contributed by atoms with E-state index in [4.69, 9.17) is 14.2 Å². The highest BCUT2D eigenvalue weighted by molar-refractivity contribution is 5.75. The number of aromatic nitrogens is 3. The van der Waals surface area contributed by atoms with E-state index in [1.807, 2.05) is 69.3 Å². The SMILES string of the molecule is CCC(C)(C)C(=O)OCCc1ccc(OC2CC=CO2)c(-n2nc3ccccc3n2)c1. The molecule has 0 fully saturated rings. The molecule has 7 heteroatoms. The highest BCUT2D eigenvalue weighted by Gasteiger charge is 2.27. The van der Waals surface area contributed by atoms with Gasteiger partial charge < -0.3 is 14.2 Å². The molecule has 0 aliphatic carbocycles. The lowest BCUT2D eigenvalue weighted by Crippen LogP contribution is -2.26. The first kappa shape index (κ1) is 20.9. The van der Waals surface area contributed by atoms with Gasteiger partial charge in [0, 0.05) is 12.8 Å².